The zero-order valence-corrected chi connectivity index (χ0v) is 17.7. The van der Waals surface area contributed by atoms with E-state index in [1.54, 1.807) is 24.3 Å². The molecule has 0 fully saturated rings. The second-order valence-electron chi connectivity index (χ2n) is 7.56. The van der Waals surface area contributed by atoms with Crippen LogP contribution in [-0.2, 0) is 16.0 Å². The van der Waals surface area contributed by atoms with Gasteiger partial charge in [0.1, 0.15) is 29.2 Å². The molecule has 170 valence electrons. The first-order valence-electron chi connectivity index (χ1n) is 10.3. The predicted molar refractivity (Wildman–Crippen MR) is 116 cm³/mol. The van der Waals surface area contributed by atoms with E-state index in [0.29, 0.717) is 41.5 Å². The molecule has 1 atom stereocenters. The standard InChI is InChI=1S/C24H21F2N3O4/c1-14(30)27-13-23(31)29-19-3-7-24(28-12-19)32-20-4-6-21-15(10-20)2-5-22(33-21)16-8-17(25)11-18(26)9-16/h3-4,6-12,22H,2,5,13H2,1H3,(H,27,30)(H,29,31). The Bertz CT molecular complexity index is 1160. The molecule has 2 aromatic carbocycles. The van der Waals surface area contributed by atoms with E-state index in [-0.39, 0.29) is 18.4 Å². The Morgan fingerprint density at radius 1 is 1.12 bits per heavy atom. The lowest BCUT2D eigenvalue weighted by Crippen LogP contribution is -2.31. The van der Waals surface area contributed by atoms with Crippen LogP contribution in [0.1, 0.15) is 30.6 Å². The smallest absolute Gasteiger partial charge is 0.243 e. The summed E-state index contributed by atoms with van der Waals surface area (Å²) in [6.07, 6.45) is 2.25. The first kappa shape index (κ1) is 22.2. The summed E-state index contributed by atoms with van der Waals surface area (Å²) in [4.78, 5) is 26.8. The number of nitrogens with one attached hydrogen (secondary N) is 2. The number of anilines is 1. The van der Waals surface area contributed by atoms with Crippen molar-refractivity contribution in [3.8, 4) is 17.4 Å². The summed E-state index contributed by atoms with van der Waals surface area (Å²) >= 11 is 0. The van der Waals surface area contributed by atoms with Crippen molar-refractivity contribution in [3.63, 3.8) is 0 Å². The molecule has 1 aliphatic rings. The van der Waals surface area contributed by atoms with Gasteiger partial charge in [0.25, 0.3) is 0 Å². The Labute approximate surface area is 188 Å². The number of carbonyl (C=O) groups excluding carboxylic acids is 2. The van der Waals surface area contributed by atoms with Gasteiger partial charge in [-0.3, -0.25) is 9.59 Å². The van der Waals surface area contributed by atoms with Gasteiger partial charge in [0.05, 0.1) is 18.4 Å². The Morgan fingerprint density at radius 3 is 2.61 bits per heavy atom. The number of fused-ring (bicyclic) bond motifs is 1. The number of amides is 2. The third kappa shape index (κ3) is 5.82. The SMILES string of the molecule is CC(=O)NCC(=O)Nc1ccc(Oc2ccc3c(c2)CCC(c2cc(F)cc(F)c2)O3)nc1. The van der Waals surface area contributed by atoms with E-state index in [9.17, 15) is 18.4 Å². The van der Waals surface area contributed by atoms with E-state index in [4.69, 9.17) is 9.47 Å². The molecule has 3 aromatic rings. The van der Waals surface area contributed by atoms with Gasteiger partial charge in [-0.15, -0.1) is 0 Å². The second kappa shape index (κ2) is 9.64. The van der Waals surface area contributed by atoms with Crippen molar-refractivity contribution in [2.75, 3.05) is 11.9 Å². The second-order valence-corrected chi connectivity index (χ2v) is 7.56. The number of nitrogens with zero attached hydrogens (tertiary/aromatic N) is 1. The van der Waals surface area contributed by atoms with Crippen LogP contribution in [0, 0.1) is 11.6 Å². The monoisotopic (exact) mass is 453 g/mol. The van der Waals surface area contributed by atoms with Crippen LogP contribution in [0.5, 0.6) is 17.4 Å². The predicted octanol–water partition coefficient (Wildman–Crippen LogP) is 4.29. The van der Waals surface area contributed by atoms with Crippen LogP contribution in [0.15, 0.2) is 54.7 Å². The van der Waals surface area contributed by atoms with Crippen LogP contribution in [0.4, 0.5) is 14.5 Å². The molecule has 0 bridgehead atoms. The van der Waals surface area contributed by atoms with E-state index in [1.165, 1.54) is 25.3 Å². The molecule has 2 N–H and O–H groups in total. The molecule has 9 heteroatoms. The molecule has 0 radical (unpaired) electrons. The highest BCUT2D eigenvalue weighted by molar-refractivity contribution is 5.94. The van der Waals surface area contributed by atoms with E-state index in [2.05, 4.69) is 15.6 Å². The molecule has 0 saturated carbocycles. The highest BCUT2D eigenvalue weighted by Gasteiger charge is 2.23. The van der Waals surface area contributed by atoms with Gasteiger partial charge in [-0.2, -0.15) is 0 Å². The van der Waals surface area contributed by atoms with Crippen molar-refractivity contribution < 1.29 is 27.8 Å². The third-order valence-corrected chi connectivity index (χ3v) is 4.97. The van der Waals surface area contributed by atoms with Gasteiger partial charge in [0.15, 0.2) is 0 Å². The van der Waals surface area contributed by atoms with Crippen LogP contribution >= 0.6 is 0 Å². The number of aromatic nitrogens is 1. The zero-order chi connectivity index (χ0) is 23.4. The van der Waals surface area contributed by atoms with E-state index < -0.39 is 17.7 Å². The van der Waals surface area contributed by atoms with Crippen molar-refractivity contribution in [2.24, 2.45) is 0 Å². The fourth-order valence-electron chi connectivity index (χ4n) is 3.47. The fraction of sp³-hybridized carbons (Fsp3) is 0.208. The lowest BCUT2D eigenvalue weighted by atomic mass is 9.97. The molecule has 2 amide bonds. The van der Waals surface area contributed by atoms with Gasteiger partial charge in [-0.05, 0) is 60.4 Å². The summed E-state index contributed by atoms with van der Waals surface area (Å²) in [7, 11) is 0. The number of aryl methyl sites for hydroxylation is 1. The average Bonchev–Trinajstić information content (AvgIpc) is 2.78. The van der Waals surface area contributed by atoms with Crippen LogP contribution in [0.3, 0.4) is 0 Å². The average molecular weight is 453 g/mol. The molecule has 2 heterocycles. The number of benzene rings is 2. The molecule has 4 rings (SSSR count). The highest BCUT2D eigenvalue weighted by Crippen LogP contribution is 2.37. The van der Waals surface area contributed by atoms with Crippen LogP contribution < -0.4 is 20.1 Å². The van der Waals surface area contributed by atoms with Crippen molar-refractivity contribution in [1.29, 1.82) is 0 Å². The largest absolute Gasteiger partial charge is 0.485 e. The molecular weight excluding hydrogens is 432 g/mol. The Kier molecular flexibility index (Phi) is 6.48. The third-order valence-electron chi connectivity index (χ3n) is 4.97. The Morgan fingerprint density at radius 2 is 1.91 bits per heavy atom. The summed E-state index contributed by atoms with van der Waals surface area (Å²) in [5.41, 5.74) is 1.85. The highest BCUT2D eigenvalue weighted by atomic mass is 19.1. The first-order chi connectivity index (χ1) is 15.9. The normalized spacial score (nSPS) is 14.6. The molecule has 0 saturated heterocycles. The van der Waals surface area contributed by atoms with Crippen LogP contribution in [0.25, 0.3) is 0 Å². The molecule has 0 aliphatic carbocycles. The van der Waals surface area contributed by atoms with Gasteiger partial charge < -0.3 is 20.1 Å². The van der Waals surface area contributed by atoms with Crippen molar-refractivity contribution >= 4 is 17.5 Å². The molecule has 33 heavy (non-hydrogen) atoms. The topological polar surface area (TPSA) is 89.6 Å². The van der Waals surface area contributed by atoms with E-state index in [0.717, 1.165) is 11.6 Å². The number of rotatable bonds is 6. The lowest BCUT2D eigenvalue weighted by molar-refractivity contribution is -0.122. The van der Waals surface area contributed by atoms with E-state index in [1.807, 2.05) is 6.07 Å². The summed E-state index contributed by atoms with van der Waals surface area (Å²) in [5, 5.41) is 5.03. The Hall–Kier alpha value is -4.01. The number of ether oxygens (including phenoxy) is 2. The minimum atomic E-state index is -0.631. The zero-order valence-electron chi connectivity index (χ0n) is 17.7. The maximum atomic E-state index is 13.5. The van der Waals surface area contributed by atoms with Crippen LogP contribution in [-0.4, -0.2) is 23.3 Å². The summed E-state index contributed by atoms with van der Waals surface area (Å²) in [6.45, 7) is 1.21. The molecular formula is C24H21F2N3O4. The fourth-order valence-corrected chi connectivity index (χ4v) is 3.47. The minimum absolute atomic E-state index is 0.125. The molecule has 1 aromatic heterocycles. The maximum absolute atomic E-state index is 13.5. The maximum Gasteiger partial charge on any atom is 0.243 e. The Balaban J connectivity index is 1.38. The lowest BCUT2D eigenvalue weighted by Gasteiger charge is -2.26. The van der Waals surface area contributed by atoms with Crippen LogP contribution in [0.2, 0.25) is 0 Å². The number of carbonyl (C=O) groups is 2. The molecule has 7 nitrogen and oxygen atoms in total. The molecule has 1 aliphatic heterocycles. The summed E-state index contributed by atoms with van der Waals surface area (Å²) < 4.78 is 38.8. The van der Waals surface area contributed by atoms with Crippen molar-refractivity contribution in [1.82, 2.24) is 10.3 Å². The van der Waals surface area contributed by atoms with E-state index >= 15 is 0 Å². The van der Waals surface area contributed by atoms with Gasteiger partial charge in [-0.25, -0.2) is 13.8 Å². The van der Waals surface area contributed by atoms with Crippen molar-refractivity contribution in [3.05, 3.63) is 77.5 Å². The minimum Gasteiger partial charge on any atom is -0.485 e. The van der Waals surface area contributed by atoms with Gasteiger partial charge in [-0.1, -0.05) is 0 Å². The van der Waals surface area contributed by atoms with Gasteiger partial charge in [0, 0.05) is 19.1 Å². The number of halogens is 2. The molecule has 1 unspecified atom stereocenters. The summed E-state index contributed by atoms with van der Waals surface area (Å²) in [5.74, 6) is -0.394. The van der Waals surface area contributed by atoms with Gasteiger partial charge >= 0.3 is 0 Å². The first-order valence-corrected chi connectivity index (χ1v) is 10.3. The number of hydrogen-bond donors (Lipinski definition) is 2. The number of pyridine rings is 1. The van der Waals surface area contributed by atoms with Gasteiger partial charge in [0.2, 0.25) is 17.7 Å². The molecule has 0 spiro atoms. The quantitative estimate of drug-likeness (QED) is 0.581. The summed E-state index contributed by atoms with van der Waals surface area (Å²) in [6, 6.07) is 12.0. The van der Waals surface area contributed by atoms with Crippen molar-refractivity contribution in [2.45, 2.75) is 25.9 Å². The number of hydrogen-bond acceptors (Lipinski definition) is 5.